The number of hydrogen-bond acceptors (Lipinski definition) is 2. The second-order valence-electron chi connectivity index (χ2n) is 3.08. The second-order valence-corrected chi connectivity index (χ2v) is 3.08. The predicted molar refractivity (Wildman–Crippen MR) is 50.7 cm³/mol. The Hall–Kier alpha value is -1.32. The van der Waals surface area contributed by atoms with Crippen molar-refractivity contribution in [2.24, 2.45) is 0 Å². The molecule has 0 N–H and O–H groups in total. The number of ether oxygens (including phenoxy) is 1. The maximum Gasteiger partial charge on any atom is 0.256 e. The van der Waals surface area contributed by atoms with Gasteiger partial charge in [0, 0.05) is 6.20 Å². The molecule has 14 heavy (non-hydrogen) atoms. The second kappa shape index (κ2) is 4.26. The van der Waals surface area contributed by atoms with Crippen molar-refractivity contribution in [3.63, 3.8) is 0 Å². The van der Waals surface area contributed by atoms with E-state index in [0.717, 1.165) is 5.57 Å². The van der Waals surface area contributed by atoms with Crippen molar-refractivity contribution in [2.75, 3.05) is 13.7 Å². The highest BCUT2D eigenvalue weighted by molar-refractivity contribution is 5.36. The van der Waals surface area contributed by atoms with E-state index in [1.807, 2.05) is 6.92 Å². The van der Waals surface area contributed by atoms with Gasteiger partial charge >= 0.3 is 0 Å². The summed E-state index contributed by atoms with van der Waals surface area (Å²) in [5, 5.41) is 0. The molecule has 0 aromatic heterocycles. The largest absolute Gasteiger partial charge is 0.495 e. The van der Waals surface area contributed by atoms with Crippen LogP contribution in [0.1, 0.15) is 6.92 Å². The Balaban J connectivity index is 2.81. The van der Waals surface area contributed by atoms with Gasteiger partial charge in [0.1, 0.15) is 5.76 Å². The number of alkyl halides is 2. The molecule has 0 saturated carbocycles. The van der Waals surface area contributed by atoms with Crippen LogP contribution in [-0.2, 0) is 4.74 Å². The van der Waals surface area contributed by atoms with E-state index < -0.39 is 6.43 Å². The SMILES string of the molecule is C=C1C(OC)=CC(C)=CN1CC(F)F. The molecular formula is C10H13F2NO. The van der Waals surface area contributed by atoms with Crippen molar-refractivity contribution < 1.29 is 13.5 Å². The van der Waals surface area contributed by atoms with E-state index >= 15 is 0 Å². The molecular weight excluding hydrogens is 188 g/mol. The first kappa shape index (κ1) is 10.8. The summed E-state index contributed by atoms with van der Waals surface area (Å²) in [6.07, 6.45) is 1.02. The van der Waals surface area contributed by atoms with Gasteiger partial charge in [0.15, 0.2) is 0 Å². The molecule has 0 saturated heterocycles. The zero-order valence-electron chi connectivity index (χ0n) is 8.26. The van der Waals surface area contributed by atoms with Crippen LogP contribution in [0.4, 0.5) is 8.78 Å². The van der Waals surface area contributed by atoms with E-state index in [0.29, 0.717) is 11.5 Å². The van der Waals surface area contributed by atoms with E-state index in [2.05, 4.69) is 6.58 Å². The van der Waals surface area contributed by atoms with Crippen molar-refractivity contribution in [3.8, 4) is 0 Å². The molecule has 0 amide bonds. The van der Waals surface area contributed by atoms with Crippen LogP contribution in [0.25, 0.3) is 0 Å². The standard InChI is InChI=1S/C10H13F2NO/c1-7-4-9(14-3)8(2)13(5-7)6-10(11)12/h4-5,10H,2,6H2,1,3H3. The highest BCUT2D eigenvalue weighted by Crippen LogP contribution is 2.23. The van der Waals surface area contributed by atoms with Crippen LogP contribution in [0.2, 0.25) is 0 Å². The molecule has 0 bridgehead atoms. The van der Waals surface area contributed by atoms with Crippen molar-refractivity contribution in [1.29, 1.82) is 0 Å². The Kier molecular flexibility index (Phi) is 3.28. The van der Waals surface area contributed by atoms with Crippen molar-refractivity contribution in [2.45, 2.75) is 13.3 Å². The highest BCUT2D eigenvalue weighted by Gasteiger charge is 2.18. The molecule has 1 rings (SSSR count). The van der Waals surface area contributed by atoms with E-state index in [-0.39, 0.29) is 6.54 Å². The molecule has 0 aromatic carbocycles. The lowest BCUT2D eigenvalue weighted by Crippen LogP contribution is -2.26. The molecule has 0 aliphatic carbocycles. The third kappa shape index (κ3) is 2.34. The van der Waals surface area contributed by atoms with Crippen molar-refractivity contribution in [3.05, 3.63) is 35.9 Å². The Morgan fingerprint density at radius 1 is 1.57 bits per heavy atom. The number of halogens is 2. The first-order valence-corrected chi connectivity index (χ1v) is 4.22. The topological polar surface area (TPSA) is 12.5 Å². The average Bonchev–Trinajstić information content (AvgIpc) is 2.09. The van der Waals surface area contributed by atoms with Crippen LogP contribution >= 0.6 is 0 Å². The lowest BCUT2D eigenvalue weighted by atomic mass is 10.1. The zero-order chi connectivity index (χ0) is 10.7. The van der Waals surface area contributed by atoms with Gasteiger partial charge in [0.25, 0.3) is 6.43 Å². The molecule has 0 atom stereocenters. The number of hydrogen-bond donors (Lipinski definition) is 0. The Labute approximate surface area is 82.2 Å². The third-order valence-electron chi connectivity index (χ3n) is 1.90. The minimum atomic E-state index is -2.38. The summed E-state index contributed by atoms with van der Waals surface area (Å²) in [6, 6.07) is 0. The minimum Gasteiger partial charge on any atom is -0.495 e. The van der Waals surface area contributed by atoms with E-state index in [9.17, 15) is 8.78 Å². The summed E-state index contributed by atoms with van der Waals surface area (Å²) in [6.45, 7) is 5.16. The first-order valence-electron chi connectivity index (χ1n) is 4.22. The lowest BCUT2D eigenvalue weighted by Gasteiger charge is -2.27. The number of allylic oxidation sites excluding steroid dienone is 2. The summed E-state index contributed by atoms with van der Waals surface area (Å²) in [5.41, 5.74) is 1.34. The van der Waals surface area contributed by atoms with Crippen LogP contribution in [-0.4, -0.2) is 25.0 Å². The van der Waals surface area contributed by atoms with Crippen LogP contribution in [0.3, 0.4) is 0 Å². The number of methoxy groups -OCH3 is 1. The summed E-state index contributed by atoms with van der Waals surface area (Å²) in [7, 11) is 1.50. The van der Waals surface area contributed by atoms with Crippen LogP contribution < -0.4 is 0 Å². The fourth-order valence-electron chi connectivity index (χ4n) is 1.28. The van der Waals surface area contributed by atoms with Crippen molar-refractivity contribution in [1.82, 2.24) is 4.90 Å². The summed E-state index contributed by atoms with van der Waals surface area (Å²) in [5.74, 6) is 0.533. The molecule has 0 unspecified atom stereocenters. The molecule has 78 valence electrons. The maximum absolute atomic E-state index is 12.2. The van der Waals surface area contributed by atoms with Gasteiger partial charge in [-0.25, -0.2) is 8.78 Å². The van der Waals surface area contributed by atoms with Crippen LogP contribution in [0.15, 0.2) is 35.9 Å². The predicted octanol–water partition coefficient (Wildman–Crippen LogP) is 2.51. The van der Waals surface area contributed by atoms with Crippen LogP contribution in [0, 0.1) is 0 Å². The van der Waals surface area contributed by atoms with Gasteiger partial charge in [0.05, 0.1) is 19.4 Å². The van der Waals surface area contributed by atoms with Gasteiger partial charge in [0.2, 0.25) is 0 Å². The van der Waals surface area contributed by atoms with Crippen LogP contribution in [0.5, 0.6) is 0 Å². The molecule has 0 radical (unpaired) electrons. The molecule has 2 nitrogen and oxygen atoms in total. The quantitative estimate of drug-likeness (QED) is 0.695. The molecule has 0 spiro atoms. The van der Waals surface area contributed by atoms with E-state index in [1.54, 1.807) is 12.3 Å². The minimum absolute atomic E-state index is 0.350. The van der Waals surface area contributed by atoms with Gasteiger partial charge in [-0.15, -0.1) is 0 Å². The van der Waals surface area contributed by atoms with Crippen molar-refractivity contribution >= 4 is 0 Å². The zero-order valence-corrected chi connectivity index (χ0v) is 8.26. The summed E-state index contributed by atoms with van der Waals surface area (Å²) < 4.78 is 29.4. The fraction of sp³-hybridized carbons (Fsp3) is 0.400. The molecule has 4 heteroatoms. The monoisotopic (exact) mass is 201 g/mol. The highest BCUT2D eigenvalue weighted by atomic mass is 19.3. The maximum atomic E-state index is 12.2. The Morgan fingerprint density at radius 2 is 2.21 bits per heavy atom. The van der Waals surface area contributed by atoms with E-state index in [1.165, 1.54) is 12.0 Å². The molecule has 1 heterocycles. The molecule has 1 aliphatic rings. The fourth-order valence-corrected chi connectivity index (χ4v) is 1.28. The van der Waals surface area contributed by atoms with Gasteiger partial charge in [-0.1, -0.05) is 6.58 Å². The smallest absolute Gasteiger partial charge is 0.256 e. The van der Waals surface area contributed by atoms with Gasteiger partial charge in [-0.3, -0.25) is 0 Å². The normalized spacial score (nSPS) is 16.9. The number of rotatable bonds is 3. The third-order valence-corrected chi connectivity index (χ3v) is 1.90. The van der Waals surface area contributed by atoms with Gasteiger partial charge in [-0.2, -0.15) is 0 Å². The average molecular weight is 201 g/mol. The van der Waals surface area contributed by atoms with Gasteiger partial charge in [-0.05, 0) is 18.6 Å². The summed E-state index contributed by atoms with van der Waals surface area (Å²) in [4.78, 5) is 1.40. The lowest BCUT2D eigenvalue weighted by molar-refractivity contribution is 0.116. The summed E-state index contributed by atoms with van der Waals surface area (Å²) >= 11 is 0. The van der Waals surface area contributed by atoms with Gasteiger partial charge < -0.3 is 9.64 Å². The molecule has 0 fully saturated rings. The Morgan fingerprint density at radius 3 is 2.71 bits per heavy atom. The van der Waals surface area contributed by atoms with E-state index in [4.69, 9.17) is 4.74 Å². The molecule has 0 aromatic rings. The molecule has 1 aliphatic heterocycles. The Bertz CT molecular complexity index is 294. The number of nitrogens with zero attached hydrogens (tertiary/aromatic N) is 1. The first-order chi connectivity index (χ1) is 6.54.